The summed E-state index contributed by atoms with van der Waals surface area (Å²) in [4.78, 5) is 27.9. The number of likely N-dealkylation sites (tertiary alicyclic amines) is 2. The first-order valence-corrected chi connectivity index (χ1v) is 7.70. The lowest BCUT2D eigenvalue weighted by Crippen LogP contribution is -2.50. The average molecular weight is 282 g/mol. The second kappa shape index (κ2) is 6.92. The van der Waals surface area contributed by atoms with Crippen LogP contribution >= 0.6 is 0 Å². The lowest BCUT2D eigenvalue weighted by molar-refractivity contribution is -0.132. The first-order valence-electron chi connectivity index (χ1n) is 7.70. The van der Waals surface area contributed by atoms with Gasteiger partial charge in [-0.1, -0.05) is 13.3 Å². The molecule has 0 aromatic carbocycles. The number of nitrogens with two attached hydrogens (primary N) is 1. The number of urea groups is 1. The smallest absolute Gasteiger partial charge is 0.312 e. The summed E-state index contributed by atoms with van der Waals surface area (Å²) in [5, 5.41) is 2.58. The van der Waals surface area contributed by atoms with Gasteiger partial charge in [0, 0.05) is 19.1 Å². The van der Waals surface area contributed by atoms with Crippen molar-refractivity contribution >= 4 is 11.9 Å². The zero-order valence-electron chi connectivity index (χ0n) is 12.3. The molecule has 0 saturated carbocycles. The number of rotatable bonds is 5. The molecule has 2 heterocycles. The van der Waals surface area contributed by atoms with Gasteiger partial charge in [0.05, 0.1) is 0 Å². The van der Waals surface area contributed by atoms with Crippen LogP contribution in [0.1, 0.15) is 39.0 Å². The molecule has 0 bridgehead atoms. The molecule has 2 saturated heterocycles. The standard InChI is InChI=1S/C14H26N4O2/c1-2-5-12(16-14(15)20)13(19)18-9-6-11(10-18)17-7-3-4-8-17/h11-12H,2-10H2,1H3,(H3,15,16,20)/t11?,12-/m1/s1. The molecule has 2 aliphatic rings. The summed E-state index contributed by atoms with van der Waals surface area (Å²) in [6.07, 6.45) is 5.08. The predicted molar refractivity (Wildman–Crippen MR) is 77.2 cm³/mol. The number of primary amides is 1. The van der Waals surface area contributed by atoms with E-state index in [0.29, 0.717) is 12.5 Å². The van der Waals surface area contributed by atoms with Gasteiger partial charge in [-0.05, 0) is 38.8 Å². The molecule has 20 heavy (non-hydrogen) atoms. The van der Waals surface area contributed by atoms with Crippen molar-refractivity contribution in [3.63, 3.8) is 0 Å². The topological polar surface area (TPSA) is 78.7 Å². The summed E-state index contributed by atoms with van der Waals surface area (Å²) in [7, 11) is 0. The molecular weight excluding hydrogens is 256 g/mol. The lowest BCUT2D eigenvalue weighted by Gasteiger charge is -2.26. The Morgan fingerprint density at radius 2 is 2.00 bits per heavy atom. The van der Waals surface area contributed by atoms with Crippen molar-refractivity contribution in [2.24, 2.45) is 5.73 Å². The number of hydrogen-bond acceptors (Lipinski definition) is 3. The average Bonchev–Trinajstić information content (AvgIpc) is 3.07. The van der Waals surface area contributed by atoms with Gasteiger partial charge in [0.2, 0.25) is 5.91 Å². The first kappa shape index (κ1) is 15.1. The monoisotopic (exact) mass is 282 g/mol. The molecule has 2 aliphatic heterocycles. The van der Waals surface area contributed by atoms with Crippen LogP contribution in [0.3, 0.4) is 0 Å². The molecule has 0 radical (unpaired) electrons. The Labute approximate surface area is 120 Å². The van der Waals surface area contributed by atoms with Crippen molar-refractivity contribution in [3.8, 4) is 0 Å². The van der Waals surface area contributed by atoms with Crippen molar-refractivity contribution in [2.45, 2.75) is 51.1 Å². The zero-order chi connectivity index (χ0) is 14.5. The highest BCUT2D eigenvalue weighted by molar-refractivity contribution is 5.86. The van der Waals surface area contributed by atoms with E-state index >= 15 is 0 Å². The van der Waals surface area contributed by atoms with Gasteiger partial charge < -0.3 is 16.0 Å². The fourth-order valence-electron chi connectivity index (χ4n) is 3.28. The van der Waals surface area contributed by atoms with E-state index in [9.17, 15) is 9.59 Å². The molecule has 0 aromatic rings. The molecule has 0 spiro atoms. The van der Waals surface area contributed by atoms with Gasteiger partial charge in [0.1, 0.15) is 6.04 Å². The lowest BCUT2D eigenvalue weighted by atomic mass is 10.1. The van der Waals surface area contributed by atoms with Gasteiger partial charge in [-0.25, -0.2) is 4.79 Å². The fraction of sp³-hybridized carbons (Fsp3) is 0.857. The van der Waals surface area contributed by atoms with Crippen molar-refractivity contribution in [1.29, 1.82) is 0 Å². The number of carbonyl (C=O) groups excluding carboxylic acids is 2. The molecule has 2 atom stereocenters. The van der Waals surface area contributed by atoms with Gasteiger partial charge in [-0.3, -0.25) is 9.69 Å². The van der Waals surface area contributed by atoms with Gasteiger partial charge in [-0.2, -0.15) is 0 Å². The van der Waals surface area contributed by atoms with Crippen molar-refractivity contribution in [3.05, 3.63) is 0 Å². The fourth-order valence-corrected chi connectivity index (χ4v) is 3.28. The normalized spacial score (nSPS) is 24.9. The number of nitrogens with zero attached hydrogens (tertiary/aromatic N) is 2. The third-order valence-corrected chi connectivity index (χ3v) is 4.32. The Balaban J connectivity index is 1.89. The van der Waals surface area contributed by atoms with Crippen LogP contribution in [-0.4, -0.2) is 60.0 Å². The van der Waals surface area contributed by atoms with E-state index in [1.165, 1.54) is 12.8 Å². The largest absolute Gasteiger partial charge is 0.352 e. The van der Waals surface area contributed by atoms with Crippen LogP contribution in [-0.2, 0) is 4.79 Å². The summed E-state index contributed by atoms with van der Waals surface area (Å²) < 4.78 is 0. The van der Waals surface area contributed by atoms with Crippen LogP contribution in [0.2, 0.25) is 0 Å². The molecule has 2 rings (SSSR count). The second-order valence-electron chi connectivity index (χ2n) is 5.82. The highest BCUT2D eigenvalue weighted by atomic mass is 16.2. The van der Waals surface area contributed by atoms with Gasteiger partial charge in [-0.15, -0.1) is 0 Å². The minimum absolute atomic E-state index is 0.0207. The molecule has 6 nitrogen and oxygen atoms in total. The van der Waals surface area contributed by atoms with E-state index < -0.39 is 12.1 Å². The molecule has 3 amide bonds. The summed E-state index contributed by atoms with van der Waals surface area (Å²) in [6.45, 7) is 5.90. The van der Waals surface area contributed by atoms with E-state index in [1.807, 2.05) is 11.8 Å². The second-order valence-corrected chi connectivity index (χ2v) is 5.82. The Hall–Kier alpha value is -1.30. The molecule has 1 unspecified atom stereocenters. The molecule has 114 valence electrons. The van der Waals surface area contributed by atoms with Crippen LogP contribution in [0.15, 0.2) is 0 Å². The molecule has 0 aromatic heterocycles. The van der Waals surface area contributed by atoms with Crippen LogP contribution in [0.25, 0.3) is 0 Å². The summed E-state index contributed by atoms with van der Waals surface area (Å²) in [5.74, 6) is 0.0207. The molecular formula is C14H26N4O2. The third kappa shape index (κ3) is 3.62. The third-order valence-electron chi connectivity index (χ3n) is 4.32. The van der Waals surface area contributed by atoms with E-state index in [-0.39, 0.29) is 5.91 Å². The van der Waals surface area contributed by atoms with E-state index in [0.717, 1.165) is 39.0 Å². The van der Waals surface area contributed by atoms with Gasteiger partial charge >= 0.3 is 6.03 Å². The number of carbonyl (C=O) groups is 2. The van der Waals surface area contributed by atoms with E-state index in [2.05, 4.69) is 10.2 Å². The molecule has 3 N–H and O–H groups in total. The summed E-state index contributed by atoms with van der Waals surface area (Å²) in [6, 6.07) is -0.584. The zero-order valence-corrected chi connectivity index (χ0v) is 12.3. The van der Waals surface area contributed by atoms with Gasteiger partial charge in [0.15, 0.2) is 0 Å². The SMILES string of the molecule is CCC[C@@H](NC(N)=O)C(=O)N1CCC(N2CCCC2)C1. The highest BCUT2D eigenvalue weighted by Gasteiger charge is 2.34. The molecule has 0 aliphatic carbocycles. The molecule has 2 fully saturated rings. The minimum atomic E-state index is -0.618. The van der Waals surface area contributed by atoms with E-state index in [1.54, 1.807) is 0 Å². The maximum Gasteiger partial charge on any atom is 0.312 e. The highest BCUT2D eigenvalue weighted by Crippen LogP contribution is 2.21. The van der Waals surface area contributed by atoms with Crippen molar-refractivity contribution in [2.75, 3.05) is 26.2 Å². The predicted octanol–water partition coefficient (Wildman–Crippen LogP) is 0.520. The quantitative estimate of drug-likeness (QED) is 0.771. The van der Waals surface area contributed by atoms with E-state index in [4.69, 9.17) is 5.73 Å². The van der Waals surface area contributed by atoms with Crippen LogP contribution in [0.5, 0.6) is 0 Å². The Kier molecular flexibility index (Phi) is 5.23. The Bertz CT molecular complexity index is 355. The van der Waals surface area contributed by atoms with Crippen molar-refractivity contribution < 1.29 is 9.59 Å². The Morgan fingerprint density at radius 3 is 2.60 bits per heavy atom. The first-order chi connectivity index (χ1) is 9.61. The Morgan fingerprint density at radius 1 is 1.30 bits per heavy atom. The van der Waals surface area contributed by atoms with Crippen molar-refractivity contribution in [1.82, 2.24) is 15.1 Å². The number of nitrogens with one attached hydrogen (secondary N) is 1. The number of amides is 3. The molecule has 6 heteroatoms. The maximum absolute atomic E-state index is 12.5. The summed E-state index contributed by atoms with van der Waals surface area (Å²) in [5.41, 5.74) is 5.16. The van der Waals surface area contributed by atoms with Crippen LogP contribution in [0, 0.1) is 0 Å². The minimum Gasteiger partial charge on any atom is -0.352 e. The van der Waals surface area contributed by atoms with Crippen LogP contribution in [0.4, 0.5) is 4.79 Å². The number of hydrogen-bond donors (Lipinski definition) is 2. The van der Waals surface area contributed by atoms with Gasteiger partial charge in [0.25, 0.3) is 0 Å². The summed E-state index contributed by atoms with van der Waals surface area (Å²) >= 11 is 0. The maximum atomic E-state index is 12.5. The van der Waals surface area contributed by atoms with Crippen LogP contribution < -0.4 is 11.1 Å².